The summed E-state index contributed by atoms with van der Waals surface area (Å²) in [4.78, 5) is 0. The highest BCUT2D eigenvalue weighted by molar-refractivity contribution is 14.1. The van der Waals surface area contributed by atoms with Gasteiger partial charge < -0.3 is 10.0 Å². The quantitative estimate of drug-likeness (QED) is 0.541. The van der Waals surface area contributed by atoms with E-state index in [1.54, 1.807) is 12.1 Å². The molecule has 0 saturated carbocycles. The van der Waals surface area contributed by atoms with Gasteiger partial charge >= 0.3 is 7.12 Å². The topological polar surface area (TPSA) is 40.5 Å². The van der Waals surface area contributed by atoms with E-state index in [2.05, 4.69) is 22.6 Å². The van der Waals surface area contributed by atoms with Crippen LogP contribution in [0.25, 0.3) is 0 Å². The molecule has 0 spiro atoms. The van der Waals surface area contributed by atoms with Crippen molar-refractivity contribution in [1.82, 2.24) is 0 Å². The van der Waals surface area contributed by atoms with Crippen molar-refractivity contribution in [2.45, 2.75) is 0 Å². The van der Waals surface area contributed by atoms with Crippen LogP contribution in [0, 0.1) is 3.57 Å². The molecular formula is C6H6BIO2. The molecule has 0 aliphatic heterocycles. The Morgan fingerprint density at radius 1 is 1.10 bits per heavy atom. The summed E-state index contributed by atoms with van der Waals surface area (Å²) in [5.41, 5.74) is 0.528. The summed E-state index contributed by atoms with van der Waals surface area (Å²) < 4.78 is 1.09. The Balaban J connectivity index is 2.89. The molecule has 0 aromatic heterocycles. The van der Waals surface area contributed by atoms with Crippen molar-refractivity contribution in [1.29, 1.82) is 0 Å². The summed E-state index contributed by atoms with van der Waals surface area (Å²) in [5.74, 6) is 0. The first-order valence-electron chi connectivity index (χ1n) is 2.82. The van der Waals surface area contributed by atoms with E-state index in [1.165, 1.54) is 0 Å². The van der Waals surface area contributed by atoms with Gasteiger partial charge in [0.1, 0.15) is 0 Å². The minimum atomic E-state index is -1.35. The van der Waals surface area contributed by atoms with Gasteiger partial charge in [-0.3, -0.25) is 0 Å². The van der Waals surface area contributed by atoms with Crippen molar-refractivity contribution in [3.05, 3.63) is 27.8 Å². The summed E-state index contributed by atoms with van der Waals surface area (Å²) in [5, 5.41) is 17.3. The molecule has 0 bridgehead atoms. The Morgan fingerprint density at radius 2 is 1.60 bits per heavy atom. The van der Waals surface area contributed by atoms with Crippen LogP contribution < -0.4 is 5.46 Å². The smallest absolute Gasteiger partial charge is 0.423 e. The van der Waals surface area contributed by atoms with Gasteiger partial charge in [-0.2, -0.15) is 0 Å². The molecule has 0 fully saturated rings. The first-order valence-corrected chi connectivity index (χ1v) is 3.89. The van der Waals surface area contributed by atoms with Gasteiger partial charge in [0.15, 0.2) is 0 Å². The first kappa shape index (κ1) is 8.04. The number of hydrogen-bond donors (Lipinski definition) is 2. The second-order valence-electron chi connectivity index (χ2n) is 1.93. The van der Waals surface area contributed by atoms with Crippen LogP contribution in [-0.4, -0.2) is 17.2 Å². The molecule has 1 aromatic carbocycles. The van der Waals surface area contributed by atoms with Crippen molar-refractivity contribution in [2.24, 2.45) is 0 Å². The molecule has 52 valence electrons. The fourth-order valence-electron chi connectivity index (χ4n) is 0.635. The molecule has 1 rings (SSSR count). The molecule has 0 aliphatic rings. The van der Waals surface area contributed by atoms with Gasteiger partial charge in [0.05, 0.1) is 0 Å². The molecule has 2 N–H and O–H groups in total. The SMILES string of the molecule is OB(O)c1ccc(I)cc1. The van der Waals surface area contributed by atoms with Gasteiger partial charge in [0.2, 0.25) is 0 Å². The maximum atomic E-state index is 8.67. The van der Waals surface area contributed by atoms with Gasteiger partial charge in [-0.05, 0) is 40.2 Å². The zero-order chi connectivity index (χ0) is 7.56. The molecule has 0 amide bonds. The van der Waals surface area contributed by atoms with Crippen LogP contribution in [0.5, 0.6) is 0 Å². The average Bonchev–Trinajstić information content (AvgIpc) is 1.88. The van der Waals surface area contributed by atoms with Gasteiger partial charge in [0, 0.05) is 3.57 Å². The third-order valence-corrected chi connectivity index (χ3v) is 1.89. The molecule has 1 aromatic rings. The van der Waals surface area contributed by atoms with E-state index in [-0.39, 0.29) is 0 Å². The normalized spacial score (nSPS) is 9.50. The minimum absolute atomic E-state index is 0.528. The van der Waals surface area contributed by atoms with Gasteiger partial charge in [0.25, 0.3) is 0 Å². The predicted molar refractivity (Wildman–Crippen MR) is 49.0 cm³/mol. The highest BCUT2D eigenvalue weighted by Gasteiger charge is 2.08. The van der Waals surface area contributed by atoms with Crippen LogP contribution in [0.1, 0.15) is 0 Å². The zero-order valence-corrected chi connectivity index (χ0v) is 7.32. The predicted octanol–water partition coefficient (Wildman–Crippen LogP) is -0.0290. The maximum absolute atomic E-state index is 8.67. The third-order valence-electron chi connectivity index (χ3n) is 1.17. The second kappa shape index (κ2) is 3.36. The van der Waals surface area contributed by atoms with Crippen LogP contribution in [0.2, 0.25) is 0 Å². The fourth-order valence-corrected chi connectivity index (χ4v) is 0.994. The molecular weight excluding hydrogens is 242 g/mol. The maximum Gasteiger partial charge on any atom is 0.488 e. The van der Waals surface area contributed by atoms with Crippen LogP contribution >= 0.6 is 22.6 Å². The molecule has 0 radical (unpaired) electrons. The molecule has 4 heteroatoms. The lowest BCUT2D eigenvalue weighted by molar-refractivity contribution is 0.426. The third kappa shape index (κ3) is 1.97. The van der Waals surface area contributed by atoms with Crippen molar-refractivity contribution >= 4 is 35.2 Å². The molecule has 0 unspecified atom stereocenters. The lowest BCUT2D eigenvalue weighted by atomic mass is 9.81. The van der Waals surface area contributed by atoms with E-state index in [1.807, 2.05) is 12.1 Å². The van der Waals surface area contributed by atoms with Gasteiger partial charge in [-0.25, -0.2) is 0 Å². The standard InChI is InChI=1S/C6H6BIO2/c8-6-3-1-5(2-4-6)7(9)10/h1-4,9-10H. The summed E-state index contributed by atoms with van der Waals surface area (Å²) in [6.45, 7) is 0. The number of halogens is 1. The summed E-state index contributed by atoms with van der Waals surface area (Å²) in [7, 11) is -1.35. The van der Waals surface area contributed by atoms with E-state index < -0.39 is 7.12 Å². The molecule has 0 heterocycles. The summed E-state index contributed by atoms with van der Waals surface area (Å²) >= 11 is 2.16. The van der Waals surface area contributed by atoms with Crippen LogP contribution in [0.15, 0.2) is 24.3 Å². The molecule has 10 heavy (non-hydrogen) atoms. The Labute approximate surface area is 73.2 Å². The second-order valence-corrected chi connectivity index (χ2v) is 3.17. The first-order chi connectivity index (χ1) is 4.70. The van der Waals surface area contributed by atoms with Crippen molar-refractivity contribution in [3.8, 4) is 0 Å². The molecule has 0 aliphatic carbocycles. The monoisotopic (exact) mass is 248 g/mol. The highest BCUT2D eigenvalue weighted by atomic mass is 127. The number of hydrogen-bond acceptors (Lipinski definition) is 2. The Kier molecular flexibility index (Phi) is 2.70. The molecule has 2 nitrogen and oxygen atoms in total. The van der Waals surface area contributed by atoms with Crippen molar-refractivity contribution in [2.75, 3.05) is 0 Å². The lowest BCUT2D eigenvalue weighted by Gasteiger charge is -1.96. The minimum Gasteiger partial charge on any atom is -0.423 e. The summed E-state index contributed by atoms with van der Waals surface area (Å²) in [6, 6.07) is 7.03. The highest BCUT2D eigenvalue weighted by Crippen LogP contribution is 1.99. The lowest BCUT2D eigenvalue weighted by Crippen LogP contribution is -2.29. The van der Waals surface area contributed by atoms with Crippen molar-refractivity contribution < 1.29 is 10.0 Å². The van der Waals surface area contributed by atoms with Crippen molar-refractivity contribution in [3.63, 3.8) is 0 Å². The van der Waals surface area contributed by atoms with Gasteiger partial charge in [-0.15, -0.1) is 0 Å². The molecule has 0 saturated heterocycles. The van der Waals surface area contributed by atoms with E-state index in [0.717, 1.165) is 3.57 Å². The number of rotatable bonds is 1. The summed E-state index contributed by atoms with van der Waals surface area (Å²) in [6.07, 6.45) is 0. The zero-order valence-electron chi connectivity index (χ0n) is 5.16. The molecule has 0 atom stereocenters. The Morgan fingerprint density at radius 3 is 2.00 bits per heavy atom. The Bertz CT molecular complexity index is 209. The van der Waals surface area contributed by atoms with E-state index in [9.17, 15) is 0 Å². The largest absolute Gasteiger partial charge is 0.488 e. The van der Waals surface area contributed by atoms with E-state index >= 15 is 0 Å². The van der Waals surface area contributed by atoms with Gasteiger partial charge in [-0.1, -0.05) is 12.1 Å². The van der Waals surface area contributed by atoms with Crippen LogP contribution in [-0.2, 0) is 0 Å². The van der Waals surface area contributed by atoms with E-state index in [4.69, 9.17) is 10.0 Å². The van der Waals surface area contributed by atoms with Crippen LogP contribution in [0.4, 0.5) is 0 Å². The fraction of sp³-hybridized carbons (Fsp3) is 0. The number of benzene rings is 1. The average molecular weight is 248 g/mol. The Hall–Kier alpha value is -0.0651. The van der Waals surface area contributed by atoms with Crippen LogP contribution in [0.3, 0.4) is 0 Å². The van der Waals surface area contributed by atoms with E-state index in [0.29, 0.717) is 5.46 Å².